The molecule has 2 rings (SSSR count). The number of carbonyl (C=O) groups excluding carboxylic acids is 1. The molecule has 7 heteroatoms. The Morgan fingerprint density at radius 2 is 1.95 bits per heavy atom. The van der Waals surface area contributed by atoms with Crippen LogP contribution >= 0.6 is 57.4 Å². The van der Waals surface area contributed by atoms with Gasteiger partial charge in [-0.2, -0.15) is 0 Å². The fourth-order valence-electron chi connectivity index (χ4n) is 1.36. The lowest BCUT2D eigenvalue weighted by atomic mass is 10.3. The van der Waals surface area contributed by atoms with Crippen LogP contribution in [0, 0.1) is 3.57 Å². The topological polar surface area (TPSA) is 42.0 Å². The molecule has 0 spiro atoms. The Balaban J connectivity index is 2.28. The minimum atomic E-state index is -0.439. The maximum atomic E-state index is 12.0. The summed E-state index contributed by atoms with van der Waals surface area (Å²) in [4.78, 5) is 15.9. The second-order valence-electron chi connectivity index (χ2n) is 3.55. The Morgan fingerprint density at radius 3 is 2.63 bits per heavy atom. The van der Waals surface area contributed by atoms with Crippen molar-refractivity contribution in [3.8, 4) is 0 Å². The predicted octanol–water partition coefficient (Wildman–Crippen LogP) is 4.90. The van der Waals surface area contributed by atoms with Crippen molar-refractivity contribution in [3.05, 3.63) is 54.8 Å². The Bertz CT molecular complexity index is 649. The molecule has 0 fully saturated rings. The van der Waals surface area contributed by atoms with Crippen molar-refractivity contribution in [3.63, 3.8) is 0 Å². The average Bonchev–Trinajstić information content (AvgIpc) is 2.36. The Kier molecular flexibility index (Phi) is 4.89. The molecular weight excluding hydrogens is 421 g/mol. The number of nitrogens with one attached hydrogen (secondary N) is 1. The summed E-state index contributed by atoms with van der Waals surface area (Å²) < 4.78 is 1.00. The van der Waals surface area contributed by atoms with Crippen molar-refractivity contribution in [1.82, 2.24) is 4.98 Å². The van der Waals surface area contributed by atoms with Crippen LogP contribution in [0.2, 0.25) is 15.1 Å². The molecule has 0 unspecified atom stereocenters. The van der Waals surface area contributed by atoms with Gasteiger partial charge in [-0.3, -0.25) is 4.79 Å². The fraction of sp³-hybridized carbons (Fsp3) is 0. The molecule has 98 valence electrons. The lowest BCUT2D eigenvalue weighted by Gasteiger charge is -2.07. The monoisotopic (exact) mass is 426 g/mol. The third kappa shape index (κ3) is 3.51. The first kappa shape index (κ1) is 14.8. The molecule has 19 heavy (non-hydrogen) atoms. The highest BCUT2D eigenvalue weighted by molar-refractivity contribution is 14.1. The molecule has 3 nitrogen and oxygen atoms in total. The van der Waals surface area contributed by atoms with E-state index in [1.165, 1.54) is 6.20 Å². The zero-order valence-corrected chi connectivity index (χ0v) is 13.7. The molecule has 1 amide bonds. The van der Waals surface area contributed by atoms with Gasteiger partial charge in [0, 0.05) is 15.5 Å². The molecule has 1 N–H and O–H groups in total. The first-order valence-electron chi connectivity index (χ1n) is 5.05. The third-order valence-electron chi connectivity index (χ3n) is 2.21. The summed E-state index contributed by atoms with van der Waals surface area (Å²) in [5.41, 5.74) is 0.691. The van der Waals surface area contributed by atoms with Crippen LogP contribution in [0.5, 0.6) is 0 Å². The number of hydrogen-bond acceptors (Lipinski definition) is 2. The van der Waals surface area contributed by atoms with Crippen molar-refractivity contribution in [2.45, 2.75) is 0 Å². The second kappa shape index (κ2) is 6.26. The SMILES string of the molecule is O=C(Nc1cccc(I)c1)c1ncc(Cl)c(Cl)c1Cl. The largest absolute Gasteiger partial charge is 0.321 e. The summed E-state index contributed by atoms with van der Waals surface area (Å²) >= 11 is 19.7. The number of nitrogens with zero attached hydrogens (tertiary/aromatic N) is 1. The van der Waals surface area contributed by atoms with E-state index in [9.17, 15) is 4.79 Å². The molecular formula is C12H6Cl3IN2O. The van der Waals surface area contributed by atoms with E-state index < -0.39 is 5.91 Å². The normalized spacial score (nSPS) is 10.3. The first-order valence-corrected chi connectivity index (χ1v) is 7.26. The van der Waals surface area contributed by atoms with Gasteiger partial charge < -0.3 is 5.32 Å². The second-order valence-corrected chi connectivity index (χ2v) is 5.96. The van der Waals surface area contributed by atoms with E-state index in [2.05, 4.69) is 32.9 Å². The van der Waals surface area contributed by atoms with Gasteiger partial charge in [0.25, 0.3) is 5.91 Å². The number of anilines is 1. The van der Waals surface area contributed by atoms with Crippen LogP contribution in [0.25, 0.3) is 0 Å². The van der Waals surface area contributed by atoms with Crippen LogP contribution < -0.4 is 5.32 Å². The Labute approximate surface area is 138 Å². The van der Waals surface area contributed by atoms with E-state index in [0.29, 0.717) is 5.69 Å². The van der Waals surface area contributed by atoms with Gasteiger partial charge in [-0.25, -0.2) is 4.98 Å². The number of carbonyl (C=O) groups is 1. The van der Waals surface area contributed by atoms with E-state index >= 15 is 0 Å². The highest BCUT2D eigenvalue weighted by Crippen LogP contribution is 2.31. The maximum absolute atomic E-state index is 12.0. The van der Waals surface area contributed by atoms with Crippen LogP contribution in [0.1, 0.15) is 10.5 Å². The van der Waals surface area contributed by atoms with Crippen molar-refractivity contribution in [1.29, 1.82) is 0 Å². The molecule has 1 aromatic carbocycles. The van der Waals surface area contributed by atoms with Crippen molar-refractivity contribution >= 4 is 69.0 Å². The third-order valence-corrected chi connectivity index (χ3v) is 4.13. The summed E-state index contributed by atoms with van der Waals surface area (Å²) in [5.74, 6) is -0.439. The molecule has 0 saturated heterocycles. The van der Waals surface area contributed by atoms with E-state index in [1.54, 1.807) is 6.07 Å². The van der Waals surface area contributed by atoms with Gasteiger partial charge in [0.1, 0.15) is 5.69 Å². The molecule has 2 aromatic rings. The van der Waals surface area contributed by atoms with E-state index in [1.807, 2.05) is 18.2 Å². The molecule has 1 aromatic heterocycles. The predicted molar refractivity (Wildman–Crippen MR) is 86.4 cm³/mol. The Hall–Kier alpha value is -0.560. The maximum Gasteiger partial charge on any atom is 0.275 e. The van der Waals surface area contributed by atoms with Gasteiger partial charge in [0.05, 0.1) is 15.1 Å². The van der Waals surface area contributed by atoms with E-state index in [-0.39, 0.29) is 20.8 Å². The number of hydrogen-bond donors (Lipinski definition) is 1. The van der Waals surface area contributed by atoms with Gasteiger partial charge in [0.2, 0.25) is 0 Å². The summed E-state index contributed by atoms with van der Waals surface area (Å²) in [6, 6.07) is 7.34. The number of amides is 1. The molecule has 0 radical (unpaired) electrons. The van der Waals surface area contributed by atoms with E-state index in [4.69, 9.17) is 34.8 Å². The van der Waals surface area contributed by atoms with Crippen LogP contribution in [-0.4, -0.2) is 10.9 Å². The number of halogens is 4. The molecule has 0 bridgehead atoms. The minimum Gasteiger partial charge on any atom is -0.321 e. The Morgan fingerprint density at radius 1 is 1.21 bits per heavy atom. The molecule has 0 aliphatic heterocycles. The summed E-state index contributed by atoms with van der Waals surface area (Å²) in [6.07, 6.45) is 1.29. The van der Waals surface area contributed by atoms with E-state index in [0.717, 1.165) is 3.57 Å². The first-order chi connectivity index (χ1) is 8.99. The number of benzene rings is 1. The van der Waals surface area contributed by atoms with Crippen LogP contribution in [0.4, 0.5) is 5.69 Å². The van der Waals surface area contributed by atoms with Gasteiger partial charge in [-0.15, -0.1) is 0 Å². The fourth-order valence-corrected chi connectivity index (χ4v) is 2.47. The van der Waals surface area contributed by atoms with Crippen molar-refractivity contribution < 1.29 is 4.79 Å². The highest BCUT2D eigenvalue weighted by Gasteiger charge is 2.17. The average molecular weight is 427 g/mol. The molecule has 0 atom stereocenters. The lowest BCUT2D eigenvalue weighted by molar-refractivity contribution is 0.102. The van der Waals surface area contributed by atoms with Crippen molar-refractivity contribution in [2.75, 3.05) is 5.32 Å². The zero-order valence-electron chi connectivity index (χ0n) is 9.25. The number of pyridine rings is 1. The minimum absolute atomic E-state index is 0.0370. The number of rotatable bonds is 2. The summed E-state index contributed by atoms with van der Waals surface area (Å²) in [6.45, 7) is 0. The summed E-state index contributed by atoms with van der Waals surface area (Å²) in [5, 5.41) is 3.06. The molecule has 0 saturated carbocycles. The quantitative estimate of drug-likeness (QED) is 0.693. The zero-order chi connectivity index (χ0) is 14.0. The van der Waals surface area contributed by atoms with Crippen LogP contribution in [0.3, 0.4) is 0 Å². The van der Waals surface area contributed by atoms with Crippen molar-refractivity contribution in [2.24, 2.45) is 0 Å². The molecule has 0 aliphatic carbocycles. The lowest BCUT2D eigenvalue weighted by Crippen LogP contribution is -2.14. The van der Waals surface area contributed by atoms with Crippen LogP contribution in [-0.2, 0) is 0 Å². The summed E-state index contributed by atoms with van der Waals surface area (Å²) in [7, 11) is 0. The highest BCUT2D eigenvalue weighted by atomic mass is 127. The smallest absolute Gasteiger partial charge is 0.275 e. The standard InChI is InChI=1S/C12H6Cl3IN2O/c13-8-5-17-11(10(15)9(8)14)12(19)18-7-3-1-2-6(16)4-7/h1-5H,(H,18,19). The number of aromatic nitrogens is 1. The molecule has 0 aliphatic rings. The van der Waals surface area contributed by atoms with Gasteiger partial charge in [0.15, 0.2) is 0 Å². The van der Waals surface area contributed by atoms with Gasteiger partial charge >= 0.3 is 0 Å². The van der Waals surface area contributed by atoms with Gasteiger partial charge in [-0.05, 0) is 40.8 Å². The van der Waals surface area contributed by atoms with Gasteiger partial charge in [-0.1, -0.05) is 40.9 Å². The molecule has 1 heterocycles. The van der Waals surface area contributed by atoms with Crippen LogP contribution in [0.15, 0.2) is 30.5 Å².